The summed E-state index contributed by atoms with van der Waals surface area (Å²) in [5, 5.41) is 0.886. The van der Waals surface area contributed by atoms with Crippen LogP contribution in [-0.4, -0.2) is 22.5 Å². The molecular weight excluding hydrogens is 448 g/mol. The van der Waals surface area contributed by atoms with Crippen molar-refractivity contribution in [2.45, 2.75) is 31.6 Å². The number of ether oxygens (including phenoxy) is 1. The maximum atomic E-state index is 12.4. The Kier molecular flexibility index (Phi) is 5.61. The van der Waals surface area contributed by atoms with Crippen LogP contribution in [0.2, 0.25) is 0 Å². The van der Waals surface area contributed by atoms with Gasteiger partial charge in [-0.1, -0.05) is 78.9 Å². The van der Waals surface area contributed by atoms with Gasteiger partial charge in [-0.25, -0.2) is 9.97 Å². The molecule has 1 aliphatic carbocycles. The molecule has 2 aromatic heterocycles. The number of hydrogen-bond acceptors (Lipinski definition) is 5. The number of furan rings is 1. The van der Waals surface area contributed by atoms with Crippen molar-refractivity contribution in [2.24, 2.45) is 0 Å². The molecule has 0 aliphatic heterocycles. The third-order valence-corrected chi connectivity index (χ3v) is 6.92. The van der Waals surface area contributed by atoms with Crippen LogP contribution < -0.4 is 0 Å². The molecule has 0 spiro atoms. The summed E-state index contributed by atoms with van der Waals surface area (Å²) in [7, 11) is 0. The number of carbonyl (C=O) groups is 1. The molecule has 5 aromatic rings. The number of hydrogen-bond donors (Lipinski definition) is 0. The summed E-state index contributed by atoms with van der Waals surface area (Å²) in [6.07, 6.45) is 5.92. The van der Waals surface area contributed by atoms with E-state index >= 15 is 0 Å². The van der Waals surface area contributed by atoms with Crippen LogP contribution in [0, 0.1) is 0 Å². The van der Waals surface area contributed by atoms with E-state index < -0.39 is 5.41 Å². The number of benzene rings is 3. The van der Waals surface area contributed by atoms with E-state index in [2.05, 4.69) is 65.6 Å². The first kappa shape index (κ1) is 22.2. The first-order valence-corrected chi connectivity index (χ1v) is 12.3. The molecule has 5 heteroatoms. The summed E-state index contributed by atoms with van der Waals surface area (Å²) in [5.41, 5.74) is 5.75. The van der Waals surface area contributed by atoms with Crippen molar-refractivity contribution in [3.05, 3.63) is 108 Å². The van der Waals surface area contributed by atoms with Crippen molar-refractivity contribution in [3.8, 4) is 22.5 Å². The van der Waals surface area contributed by atoms with Crippen molar-refractivity contribution in [2.75, 3.05) is 6.61 Å². The average Bonchev–Trinajstić information content (AvgIpc) is 3.64. The first-order valence-electron chi connectivity index (χ1n) is 12.3. The second kappa shape index (κ2) is 9.08. The third kappa shape index (κ3) is 4.07. The van der Waals surface area contributed by atoms with Crippen LogP contribution in [0.1, 0.15) is 36.7 Å². The van der Waals surface area contributed by atoms with E-state index in [4.69, 9.17) is 14.1 Å². The highest BCUT2D eigenvalue weighted by molar-refractivity contribution is 5.91. The zero-order valence-electron chi connectivity index (χ0n) is 20.1. The van der Waals surface area contributed by atoms with E-state index in [1.807, 2.05) is 31.3 Å². The van der Waals surface area contributed by atoms with Crippen molar-refractivity contribution in [1.29, 1.82) is 0 Å². The lowest BCUT2D eigenvalue weighted by molar-refractivity contribution is -0.146. The summed E-state index contributed by atoms with van der Waals surface area (Å²) < 4.78 is 11.2. The predicted molar refractivity (Wildman–Crippen MR) is 139 cm³/mol. The van der Waals surface area contributed by atoms with Crippen molar-refractivity contribution >= 4 is 16.9 Å². The molecule has 0 bridgehead atoms. The molecule has 178 valence electrons. The molecule has 36 heavy (non-hydrogen) atoms. The van der Waals surface area contributed by atoms with Crippen molar-refractivity contribution < 1.29 is 13.9 Å². The molecule has 0 N–H and O–H groups in total. The molecular formula is C31H26N2O3. The maximum absolute atomic E-state index is 12.4. The Bertz CT molecular complexity index is 1520. The van der Waals surface area contributed by atoms with Crippen LogP contribution in [0.15, 0.2) is 95.7 Å². The van der Waals surface area contributed by atoms with E-state index in [0.29, 0.717) is 13.0 Å². The monoisotopic (exact) mass is 474 g/mol. The molecule has 1 fully saturated rings. The Morgan fingerprint density at radius 2 is 1.58 bits per heavy atom. The lowest BCUT2D eigenvalue weighted by atomic mass is 9.93. The van der Waals surface area contributed by atoms with Gasteiger partial charge in [0.15, 0.2) is 5.76 Å². The van der Waals surface area contributed by atoms with Gasteiger partial charge in [-0.2, -0.15) is 0 Å². The number of nitrogens with zero attached hydrogens (tertiary/aromatic N) is 2. The van der Waals surface area contributed by atoms with Crippen LogP contribution in [0.25, 0.3) is 33.4 Å². The van der Waals surface area contributed by atoms with Gasteiger partial charge < -0.3 is 9.15 Å². The SMILES string of the molecule is CCOC(=O)C1(c2ccc(-c3ccc(-c4occ5cnc(Cc6ccccc6)nc45)cc3)cc2)CC1. The zero-order valence-corrected chi connectivity index (χ0v) is 20.1. The molecule has 2 heterocycles. The Hall–Kier alpha value is -4.25. The fourth-order valence-electron chi connectivity index (χ4n) is 4.74. The molecule has 1 aliphatic rings. The van der Waals surface area contributed by atoms with E-state index in [1.54, 1.807) is 6.26 Å². The second-order valence-electron chi connectivity index (χ2n) is 9.27. The zero-order chi connectivity index (χ0) is 24.5. The normalized spacial score (nSPS) is 14.0. The summed E-state index contributed by atoms with van der Waals surface area (Å²) in [4.78, 5) is 21.7. The highest BCUT2D eigenvalue weighted by Gasteiger charge is 2.52. The van der Waals surface area contributed by atoms with Gasteiger partial charge in [0, 0.05) is 18.2 Å². The average molecular weight is 475 g/mol. The van der Waals surface area contributed by atoms with Gasteiger partial charge >= 0.3 is 5.97 Å². The Morgan fingerprint density at radius 3 is 2.25 bits per heavy atom. The molecule has 1 saturated carbocycles. The fourth-order valence-corrected chi connectivity index (χ4v) is 4.74. The number of aromatic nitrogens is 2. The highest BCUT2D eigenvalue weighted by Crippen LogP contribution is 2.49. The predicted octanol–water partition coefficient (Wildman–Crippen LogP) is 6.74. The molecule has 0 unspecified atom stereocenters. The highest BCUT2D eigenvalue weighted by atomic mass is 16.5. The summed E-state index contributed by atoms with van der Waals surface area (Å²) in [6, 6.07) is 26.8. The molecule has 0 saturated heterocycles. The maximum Gasteiger partial charge on any atom is 0.316 e. The number of esters is 1. The van der Waals surface area contributed by atoms with Gasteiger partial charge in [0.05, 0.1) is 17.4 Å². The first-order chi connectivity index (χ1) is 17.7. The fraction of sp³-hybridized carbons (Fsp3) is 0.194. The van der Waals surface area contributed by atoms with Gasteiger partial charge in [0.1, 0.15) is 17.6 Å². The molecule has 0 radical (unpaired) electrons. The summed E-state index contributed by atoms with van der Waals surface area (Å²) >= 11 is 0. The number of fused-ring (bicyclic) bond motifs is 1. The van der Waals surface area contributed by atoms with Crippen LogP contribution in [0.3, 0.4) is 0 Å². The minimum atomic E-state index is -0.444. The van der Waals surface area contributed by atoms with Crippen molar-refractivity contribution in [1.82, 2.24) is 9.97 Å². The lowest BCUT2D eigenvalue weighted by Crippen LogP contribution is -2.23. The molecule has 5 nitrogen and oxygen atoms in total. The second-order valence-corrected chi connectivity index (χ2v) is 9.27. The summed E-state index contributed by atoms with van der Waals surface area (Å²) in [5.74, 6) is 1.40. The number of carbonyl (C=O) groups excluding carboxylic acids is 1. The van der Waals surface area contributed by atoms with Gasteiger partial charge in [0.25, 0.3) is 0 Å². The van der Waals surface area contributed by atoms with Crippen LogP contribution in [0.5, 0.6) is 0 Å². The van der Waals surface area contributed by atoms with Gasteiger partial charge in [-0.3, -0.25) is 4.79 Å². The minimum absolute atomic E-state index is 0.108. The van der Waals surface area contributed by atoms with E-state index in [-0.39, 0.29) is 5.97 Å². The standard InChI is InChI=1S/C31H26N2O3/c1-2-35-30(34)31(16-17-31)26-14-12-23(13-15-26)22-8-10-24(11-9-22)29-28-25(20-36-29)19-32-27(33-28)18-21-6-4-3-5-7-21/h3-15,19-20H,2,16-18H2,1H3. The third-order valence-electron chi connectivity index (χ3n) is 6.92. The number of rotatable bonds is 7. The quantitative estimate of drug-likeness (QED) is 0.244. The molecule has 0 amide bonds. The summed E-state index contributed by atoms with van der Waals surface area (Å²) in [6.45, 7) is 2.26. The smallest absolute Gasteiger partial charge is 0.316 e. The molecule has 3 aromatic carbocycles. The molecule has 0 atom stereocenters. The van der Waals surface area contributed by atoms with Gasteiger partial charge in [0.2, 0.25) is 0 Å². The Labute approximate surface area is 209 Å². The largest absolute Gasteiger partial charge is 0.465 e. The van der Waals surface area contributed by atoms with E-state index in [9.17, 15) is 4.79 Å². The molecule has 6 rings (SSSR count). The topological polar surface area (TPSA) is 65.2 Å². The van der Waals surface area contributed by atoms with Crippen molar-refractivity contribution in [3.63, 3.8) is 0 Å². The minimum Gasteiger partial charge on any atom is -0.465 e. The van der Waals surface area contributed by atoms with Crippen LogP contribution in [-0.2, 0) is 21.4 Å². The van der Waals surface area contributed by atoms with E-state index in [1.165, 1.54) is 5.56 Å². The van der Waals surface area contributed by atoms with E-state index in [0.717, 1.165) is 57.6 Å². The van der Waals surface area contributed by atoms with Crippen LogP contribution >= 0.6 is 0 Å². The van der Waals surface area contributed by atoms with Crippen LogP contribution in [0.4, 0.5) is 0 Å². The van der Waals surface area contributed by atoms with Gasteiger partial charge in [-0.15, -0.1) is 0 Å². The lowest BCUT2D eigenvalue weighted by Gasteiger charge is -2.14. The van der Waals surface area contributed by atoms with Gasteiger partial charge in [-0.05, 0) is 42.0 Å². The Morgan fingerprint density at radius 1 is 0.917 bits per heavy atom. The Balaban J connectivity index is 1.24.